The molecule has 0 aliphatic heterocycles. The van der Waals surface area contributed by atoms with Crippen LogP contribution in [0, 0.1) is 0 Å². The summed E-state index contributed by atoms with van der Waals surface area (Å²) in [5.74, 6) is -6.69. The molecule has 2 heterocycles. The second kappa shape index (κ2) is 11.4. The van der Waals surface area contributed by atoms with E-state index in [0.717, 1.165) is 93.1 Å². The number of phenols is 7. The fraction of sp³-hybridized carbons (Fsp3) is 0. The minimum Gasteiger partial charge on any atom is -0.506 e. The van der Waals surface area contributed by atoms with Crippen molar-refractivity contribution in [3.05, 3.63) is 127 Å². The lowest BCUT2D eigenvalue weighted by atomic mass is 9.83. The lowest BCUT2D eigenvalue weighted by Gasteiger charge is -2.21. The van der Waals surface area contributed by atoms with Gasteiger partial charge in [0.25, 0.3) is 0 Å². The van der Waals surface area contributed by atoms with Gasteiger partial charge in [-0.1, -0.05) is 109 Å². The van der Waals surface area contributed by atoms with Crippen molar-refractivity contribution in [3.63, 3.8) is 0 Å². The maximum absolute atomic E-state index is 11.8. The van der Waals surface area contributed by atoms with Gasteiger partial charge in [-0.3, -0.25) is 0 Å². The van der Waals surface area contributed by atoms with Gasteiger partial charge < -0.3 is 44.6 Å². The van der Waals surface area contributed by atoms with Gasteiger partial charge in [-0.05, 0) is 67.2 Å². The molecule has 7 N–H and O–H groups in total. The van der Waals surface area contributed by atoms with Crippen LogP contribution in [0.25, 0.3) is 120 Å². The predicted molar refractivity (Wildman–Crippen MR) is 230 cm³/mol. The molecule has 0 fully saturated rings. The molecule has 0 saturated carbocycles. The molecule has 2 aromatic heterocycles. The van der Waals surface area contributed by atoms with Gasteiger partial charge >= 0.3 is 0 Å². The van der Waals surface area contributed by atoms with Crippen LogP contribution >= 0.6 is 0 Å². The van der Waals surface area contributed by atoms with Gasteiger partial charge in [0.2, 0.25) is 11.5 Å². The molecule has 0 saturated heterocycles. The van der Waals surface area contributed by atoms with E-state index in [4.69, 9.17) is 8.83 Å². The zero-order valence-electron chi connectivity index (χ0n) is 30.6. The summed E-state index contributed by atoms with van der Waals surface area (Å²) in [6, 6.07) is 41.8. The third kappa shape index (κ3) is 4.17. The van der Waals surface area contributed by atoms with E-state index in [-0.39, 0.29) is 11.1 Å². The maximum atomic E-state index is 11.8. The van der Waals surface area contributed by atoms with Crippen molar-refractivity contribution in [2.24, 2.45) is 0 Å². The average Bonchev–Trinajstić information content (AvgIpc) is 3.84. The zero-order chi connectivity index (χ0) is 40.0. The fourth-order valence-electron chi connectivity index (χ4n) is 9.37. The van der Waals surface area contributed by atoms with Gasteiger partial charge in [0, 0.05) is 32.7 Å². The second-order valence-corrected chi connectivity index (χ2v) is 15.0. The van der Waals surface area contributed by atoms with E-state index >= 15 is 0 Å². The Morgan fingerprint density at radius 1 is 0.288 bits per heavy atom. The molecule has 0 unspecified atom stereocenters. The van der Waals surface area contributed by atoms with Crippen molar-refractivity contribution in [2.75, 3.05) is 0 Å². The quantitative estimate of drug-likeness (QED) is 0.0525. The number of furan rings is 2. The Balaban J connectivity index is 1.24. The van der Waals surface area contributed by atoms with Gasteiger partial charge in [0.05, 0.1) is 16.3 Å². The van der Waals surface area contributed by atoms with Crippen molar-refractivity contribution in [3.8, 4) is 73.6 Å². The van der Waals surface area contributed by atoms with E-state index in [1.807, 2.05) is 84.9 Å². The van der Waals surface area contributed by atoms with Crippen molar-refractivity contribution < 1.29 is 44.6 Å². The minimum absolute atomic E-state index is 0.257. The van der Waals surface area contributed by atoms with Crippen LogP contribution in [0.5, 0.6) is 40.2 Å². The Hall–Kier alpha value is -8.30. The Morgan fingerprint density at radius 3 is 1.32 bits per heavy atom. The third-order valence-corrected chi connectivity index (χ3v) is 12.0. The lowest BCUT2D eigenvalue weighted by molar-refractivity contribution is 0.347. The highest BCUT2D eigenvalue weighted by Gasteiger charge is 2.31. The van der Waals surface area contributed by atoms with E-state index < -0.39 is 51.0 Å². The molecule has 0 amide bonds. The summed E-state index contributed by atoms with van der Waals surface area (Å²) >= 11 is 0. The number of aromatic hydroxyl groups is 7. The third-order valence-electron chi connectivity index (χ3n) is 12.0. The van der Waals surface area contributed by atoms with E-state index in [1.165, 1.54) is 0 Å². The average molecular weight is 773 g/mol. The normalized spacial score (nSPS) is 12.2. The fourth-order valence-corrected chi connectivity index (χ4v) is 9.37. The zero-order valence-corrected chi connectivity index (χ0v) is 30.6. The molecule has 0 atom stereocenters. The van der Waals surface area contributed by atoms with Crippen LogP contribution in [-0.2, 0) is 0 Å². The molecule has 0 aliphatic rings. The van der Waals surface area contributed by atoms with Crippen LogP contribution in [0.3, 0.4) is 0 Å². The summed E-state index contributed by atoms with van der Waals surface area (Å²) < 4.78 is 13.2. The van der Waals surface area contributed by atoms with E-state index in [0.29, 0.717) is 5.39 Å². The number of rotatable bonds is 3. The minimum atomic E-state index is -1.12. The Labute approximate surface area is 331 Å². The highest BCUT2D eigenvalue weighted by atomic mass is 16.4. The van der Waals surface area contributed by atoms with Crippen LogP contribution in [0.2, 0.25) is 0 Å². The van der Waals surface area contributed by atoms with Crippen LogP contribution in [0.4, 0.5) is 0 Å². The van der Waals surface area contributed by atoms with E-state index in [1.54, 1.807) is 6.07 Å². The molecule has 0 bridgehead atoms. The topological polar surface area (TPSA) is 168 Å². The first kappa shape index (κ1) is 32.9. The smallest absolute Gasteiger partial charge is 0.205 e. The largest absolute Gasteiger partial charge is 0.506 e. The van der Waals surface area contributed by atoms with Crippen molar-refractivity contribution in [1.82, 2.24) is 0 Å². The number of hydrogen-bond acceptors (Lipinski definition) is 9. The molecule has 10 aromatic carbocycles. The Bertz CT molecular complexity index is 3680. The maximum Gasteiger partial charge on any atom is 0.205 e. The van der Waals surface area contributed by atoms with Crippen LogP contribution in [0.15, 0.2) is 136 Å². The number of benzene rings is 10. The molecular formula is C50H28O9. The first-order valence-corrected chi connectivity index (χ1v) is 18.8. The summed E-state index contributed by atoms with van der Waals surface area (Å²) in [5.41, 5.74) is 6.59. The summed E-state index contributed by atoms with van der Waals surface area (Å²) in [5, 5.41) is 84.4. The number of fused-ring (bicyclic) bond motifs is 7. The van der Waals surface area contributed by atoms with E-state index in [2.05, 4.69) is 36.4 Å². The van der Waals surface area contributed by atoms with Gasteiger partial charge in [-0.25, -0.2) is 0 Å². The van der Waals surface area contributed by atoms with Gasteiger partial charge in [0.15, 0.2) is 23.0 Å². The van der Waals surface area contributed by atoms with Gasteiger partial charge in [0.1, 0.15) is 28.1 Å². The highest BCUT2D eigenvalue weighted by Crippen LogP contribution is 2.60. The Kier molecular flexibility index (Phi) is 6.35. The summed E-state index contributed by atoms with van der Waals surface area (Å²) in [4.78, 5) is 0. The highest BCUT2D eigenvalue weighted by molar-refractivity contribution is 6.32. The summed E-state index contributed by atoms with van der Waals surface area (Å²) in [6.07, 6.45) is 0. The first-order chi connectivity index (χ1) is 28.7. The van der Waals surface area contributed by atoms with Gasteiger partial charge in [-0.2, -0.15) is 0 Å². The summed E-state index contributed by atoms with van der Waals surface area (Å²) in [6.45, 7) is 0. The second-order valence-electron chi connectivity index (χ2n) is 15.0. The molecule has 12 aromatic rings. The Morgan fingerprint density at radius 2 is 0.746 bits per heavy atom. The van der Waals surface area contributed by atoms with Gasteiger partial charge in [-0.15, -0.1) is 0 Å². The van der Waals surface area contributed by atoms with Crippen molar-refractivity contribution in [1.29, 1.82) is 0 Å². The molecule has 0 spiro atoms. The van der Waals surface area contributed by atoms with Crippen LogP contribution in [-0.4, -0.2) is 35.7 Å². The number of hydrogen-bond donors (Lipinski definition) is 7. The molecule has 282 valence electrons. The molecule has 9 heteroatoms. The molecular weight excluding hydrogens is 745 g/mol. The molecule has 0 aliphatic carbocycles. The molecule has 9 nitrogen and oxygen atoms in total. The monoisotopic (exact) mass is 772 g/mol. The van der Waals surface area contributed by atoms with E-state index in [9.17, 15) is 35.7 Å². The van der Waals surface area contributed by atoms with Crippen molar-refractivity contribution >= 4 is 87.0 Å². The first-order valence-electron chi connectivity index (χ1n) is 18.8. The lowest BCUT2D eigenvalue weighted by Crippen LogP contribution is -1.94. The van der Waals surface area contributed by atoms with Crippen LogP contribution in [0.1, 0.15) is 0 Å². The number of para-hydroxylation sites is 4. The van der Waals surface area contributed by atoms with Crippen LogP contribution < -0.4 is 0 Å². The van der Waals surface area contributed by atoms with Crippen molar-refractivity contribution in [2.45, 2.75) is 0 Å². The molecule has 12 rings (SSSR count). The number of phenolic OH excluding ortho intramolecular Hbond substituents is 7. The molecule has 0 radical (unpaired) electrons. The standard InChI is InChI=1S/C50H28O9/c51-42-39(43(52)44(53)41-40(42)45(54)47(56)48(57)46(41)55)26-17-15-22-16-18-27-33(31-11-5-9-29-23-7-1-3-13-35(23)58-49(29)31)21-34(28-20-19-25(26)37(22)38(27)28)32-12-6-10-30-24-8-2-4-14-36(24)59-50(30)32/h1-21,51-57H. The SMILES string of the molecule is Oc1c(O)c(O)c2c(O)c(-c3ccc4ccc5c(-c6cccc7c6oc6ccccc67)cc(-c6cccc7c6oc6ccccc67)c6ccc3c4c56)c(O)c(O)c2c1O. The molecule has 59 heavy (non-hydrogen) atoms. The predicted octanol–water partition coefficient (Wildman–Crippen LogP) is 12.5. The summed E-state index contributed by atoms with van der Waals surface area (Å²) in [7, 11) is 0.